The molecule has 1 saturated carbocycles. The number of hydrogen-bond acceptors (Lipinski definition) is 9. The first-order valence-corrected chi connectivity index (χ1v) is 14.7. The van der Waals surface area contributed by atoms with Crippen molar-refractivity contribution in [3.05, 3.63) is 78.3 Å². The van der Waals surface area contributed by atoms with Crippen LogP contribution in [0.15, 0.2) is 55.5 Å². The lowest BCUT2D eigenvalue weighted by Crippen LogP contribution is -2.25. The van der Waals surface area contributed by atoms with Crippen molar-refractivity contribution in [1.82, 2.24) is 44.0 Å². The van der Waals surface area contributed by atoms with Gasteiger partial charge in [-0.15, -0.1) is 0 Å². The van der Waals surface area contributed by atoms with E-state index in [0.29, 0.717) is 47.1 Å². The molecule has 1 aliphatic rings. The first-order valence-electron chi connectivity index (χ1n) is 14.7. The van der Waals surface area contributed by atoms with E-state index in [-0.39, 0.29) is 18.4 Å². The van der Waals surface area contributed by atoms with E-state index in [1.54, 1.807) is 25.4 Å². The lowest BCUT2D eigenvalue weighted by atomic mass is 10.1. The van der Waals surface area contributed by atoms with Gasteiger partial charge in [-0.25, -0.2) is 29.9 Å². The zero-order chi connectivity index (χ0) is 32.4. The fourth-order valence-electron chi connectivity index (χ4n) is 4.99. The molecule has 0 unspecified atom stereocenters. The van der Waals surface area contributed by atoms with Gasteiger partial charge < -0.3 is 18.8 Å². The van der Waals surface area contributed by atoms with Crippen LogP contribution < -0.4 is 9.64 Å². The molecule has 4 aromatic heterocycles. The summed E-state index contributed by atoms with van der Waals surface area (Å²) < 4.78 is 49.3. The van der Waals surface area contributed by atoms with Gasteiger partial charge in [-0.2, -0.15) is 18.2 Å². The Labute approximate surface area is 263 Å². The van der Waals surface area contributed by atoms with Gasteiger partial charge in [-0.05, 0) is 38.2 Å². The Balaban J connectivity index is 1.33. The summed E-state index contributed by atoms with van der Waals surface area (Å²) in [4.78, 5) is 32.6. The number of benzene rings is 1. The minimum Gasteiger partial charge on any atom is -0.480 e. The molecule has 0 radical (unpaired) electrons. The molecule has 0 saturated heterocycles. The molecule has 4 heterocycles. The van der Waals surface area contributed by atoms with Crippen LogP contribution in [-0.4, -0.2) is 57.7 Å². The maximum Gasteiger partial charge on any atom is 0.434 e. The zero-order valence-corrected chi connectivity index (χ0v) is 25.7. The number of alkyl halides is 3. The summed E-state index contributed by atoms with van der Waals surface area (Å²) in [6, 6.07) is 7.02. The number of anilines is 1. The lowest BCUT2D eigenvalue weighted by molar-refractivity contribution is -0.140. The third-order valence-electron chi connectivity index (χ3n) is 7.52. The second-order valence-electron chi connectivity index (χ2n) is 11.2. The lowest BCUT2D eigenvalue weighted by Gasteiger charge is -2.21. The van der Waals surface area contributed by atoms with Gasteiger partial charge in [0.15, 0.2) is 17.3 Å². The van der Waals surface area contributed by atoms with E-state index < -0.39 is 11.9 Å². The third-order valence-corrected chi connectivity index (χ3v) is 7.52. The van der Waals surface area contributed by atoms with Gasteiger partial charge in [0.05, 0.1) is 19.3 Å². The standard InChI is InChI=1S/C32H31F3N10O/c1-20(2)45-17-24(32(33,34)35)41-29(45)23-9-7-21(8-10-23)16-44(14-5-6-25-36-13-15-43(25)3)31-40-19-38-28(42-31)26-27(22-11-12-22)37-18-39-30(26)46-4/h7-10,13,15,17-20,22H,11-12,14,16H2,1-4H3. The van der Waals surface area contributed by atoms with E-state index >= 15 is 0 Å². The van der Waals surface area contributed by atoms with Crippen LogP contribution in [0.5, 0.6) is 5.88 Å². The summed E-state index contributed by atoms with van der Waals surface area (Å²) in [6.07, 6.45) is 4.97. The van der Waals surface area contributed by atoms with Gasteiger partial charge in [0, 0.05) is 49.7 Å². The number of aryl methyl sites for hydroxylation is 1. The predicted octanol–water partition coefficient (Wildman–Crippen LogP) is 5.47. The van der Waals surface area contributed by atoms with Crippen molar-refractivity contribution in [2.45, 2.75) is 51.4 Å². The van der Waals surface area contributed by atoms with Crippen LogP contribution in [0.3, 0.4) is 0 Å². The Morgan fingerprint density at radius 2 is 1.78 bits per heavy atom. The SMILES string of the molecule is COc1ncnc(C2CC2)c1-c1ncnc(N(CC#Cc2nccn2C)Cc2ccc(-c3nc(C(F)(F)F)cn3C(C)C)cc2)n1. The molecule has 1 aromatic carbocycles. The highest BCUT2D eigenvalue weighted by Crippen LogP contribution is 2.44. The van der Waals surface area contributed by atoms with Crippen molar-refractivity contribution in [3.63, 3.8) is 0 Å². The van der Waals surface area contributed by atoms with E-state index in [0.717, 1.165) is 30.3 Å². The Hall–Kier alpha value is -5.32. The van der Waals surface area contributed by atoms with E-state index in [4.69, 9.17) is 9.72 Å². The minimum atomic E-state index is -4.54. The summed E-state index contributed by atoms with van der Waals surface area (Å²) in [6.45, 7) is 4.24. The summed E-state index contributed by atoms with van der Waals surface area (Å²) in [5.74, 6) is 8.56. The largest absolute Gasteiger partial charge is 0.480 e. The maximum absolute atomic E-state index is 13.5. The summed E-state index contributed by atoms with van der Waals surface area (Å²) in [5.41, 5.74) is 1.99. The van der Waals surface area contributed by atoms with Gasteiger partial charge in [0.2, 0.25) is 11.8 Å². The number of methoxy groups -OCH3 is 1. The third kappa shape index (κ3) is 6.53. The monoisotopic (exact) mass is 628 g/mol. The Kier molecular flexibility index (Phi) is 8.40. The molecular formula is C32H31F3N10O. The van der Waals surface area contributed by atoms with Crippen LogP contribution in [-0.2, 0) is 19.8 Å². The van der Waals surface area contributed by atoms with E-state index in [1.807, 2.05) is 48.7 Å². The average Bonchev–Trinajstić information content (AvgIpc) is 3.65. The second-order valence-corrected chi connectivity index (χ2v) is 11.2. The van der Waals surface area contributed by atoms with Crippen LogP contribution >= 0.6 is 0 Å². The molecule has 11 nitrogen and oxygen atoms in total. The number of halogens is 3. The van der Waals surface area contributed by atoms with Crippen molar-refractivity contribution in [3.8, 4) is 40.5 Å². The zero-order valence-electron chi connectivity index (χ0n) is 25.7. The van der Waals surface area contributed by atoms with E-state index in [1.165, 1.54) is 17.2 Å². The normalized spacial score (nSPS) is 13.0. The quantitative estimate of drug-likeness (QED) is 0.196. The number of imidazole rings is 2. The van der Waals surface area contributed by atoms with Crippen LogP contribution in [0.1, 0.15) is 61.4 Å². The van der Waals surface area contributed by atoms with E-state index in [9.17, 15) is 13.2 Å². The van der Waals surface area contributed by atoms with Gasteiger partial charge >= 0.3 is 6.18 Å². The van der Waals surface area contributed by atoms with Crippen molar-refractivity contribution in [1.29, 1.82) is 0 Å². The molecule has 0 bridgehead atoms. The molecule has 0 atom stereocenters. The summed E-state index contributed by atoms with van der Waals surface area (Å²) in [5, 5.41) is 0. The molecule has 236 valence electrons. The van der Waals surface area contributed by atoms with Gasteiger partial charge in [-0.1, -0.05) is 30.2 Å². The predicted molar refractivity (Wildman–Crippen MR) is 164 cm³/mol. The first-order chi connectivity index (χ1) is 22.1. The van der Waals surface area contributed by atoms with E-state index in [2.05, 4.69) is 41.7 Å². The number of hydrogen-bond donors (Lipinski definition) is 0. The van der Waals surface area contributed by atoms with Crippen LogP contribution in [0.25, 0.3) is 22.8 Å². The van der Waals surface area contributed by atoms with Gasteiger partial charge in [-0.3, -0.25) is 0 Å². The highest BCUT2D eigenvalue weighted by molar-refractivity contribution is 5.66. The molecule has 0 spiro atoms. The Bertz CT molecular complexity index is 1900. The maximum atomic E-state index is 13.5. The molecule has 14 heteroatoms. The van der Waals surface area contributed by atoms with Crippen LogP contribution in [0.2, 0.25) is 0 Å². The molecule has 0 amide bonds. The highest BCUT2D eigenvalue weighted by Gasteiger charge is 2.35. The van der Waals surface area contributed by atoms with Crippen molar-refractivity contribution in [2.24, 2.45) is 7.05 Å². The van der Waals surface area contributed by atoms with Crippen LogP contribution in [0.4, 0.5) is 19.1 Å². The number of aromatic nitrogens is 9. The smallest absolute Gasteiger partial charge is 0.434 e. The van der Waals surface area contributed by atoms with Gasteiger partial charge in [0.1, 0.15) is 24.0 Å². The Morgan fingerprint density at radius 3 is 2.43 bits per heavy atom. The molecule has 5 aromatic rings. The summed E-state index contributed by atoms with van der Waals surface area (Å²) in [7, 11) is 3.41. The molecule has 46 heavy (non-hydrogen) atoms. The summed E-state index contributed by atoms with van der Waals surface area (Å²) >= 11 is 0. The molecular weight excluding hydrogens is 597 g/mol. The number of nitrogens with zero attached hydrogens (tertiary/aromatic N) is 10. The van der Waals surface area contributed by atoms with Crippen molar-refractivity contribution in [2.75, 3.05) is 18.6 Å². The second kappa shape index (κ2) is 12.6. The number of ether oxygens (including phenoxy) is 1. The molecule has 1 aliphatic carbocycles. The topological polar surface area (TPSA) is 113 Å². The molecule has 0 N–H and O–H groups in total. The van der Waals surface area contributed by atoms with Crippen molar-refractivity contribution >= 4 is 5.95 Å². The fourth-order valence-corrected chi connectivity index (χ4v) is 4.99. The van der Waals surface area contributed by atoms with Gasteiger partial charge in [0.25, 0.3) is 0 Å². The first kappa shape index (κ1) is 30.7. The van der Waals surface area contributed by atoms with Crippen LogP contribution in [0, 0.1) is 11.8 Å². The minimum absolute atomic E-state index is 0.210. The van der Waals surface area contributed by atoms with Crippen molar-refractivity contribution < 1.29 is 17.9 Å². The highest BCUT2D eigenvalue weighted by atomic mass is 19.4. The average molecular weight is 629 g/mol. The molecule has 1 fully saturated rings. The number of rotatable bonds is 9. The Morgan fingerprint density at radius 1 is 1.02 bits per heavy atom. The fraction of sp³-hybridized carbons (Fsp3) is 0.344. The molecule has 6 rings (SSSR count). The molecule has 0 aliphatic heterocycles.